The Balaban J connectivity index is 1.78. The lowest BCUT2D eigenvalue weighted by molar-refractivity contribution is -0.139. The van der Waals surface area contributed by atoms with E-state index in [-0.39, 0.29) is 17.9 Å². The van der Waals surface area contributed by atoms with Gasteiger partial charge < -0.3 is 19.9 Å². The fourth-order valence-electron chi connectivity index (χ4n) is 4.44. The fourth-order valence-corrected chi connectivity index (χ4v) is 4.44. The zero-order chi connectivity index (χ0) is 21.1. The molecular formula is C21H26N4O4. The van der Waals surface area contributed by atoms with Gasteiger partial charge in [-0.25, -0.2) is 9.69 Å². The minimum absolute atomic E-state index is 0.0776. The molecule has 1 aromatic carbocycles. The quantitative estimate of drug-likeness (QED) is 0.772. The van der Waals surface area contributed by atoms with E-state index >= 15 is 0 Å². The molecule has 2 atom stereocenters. The van der Waals surface area contributed by atoms with Crippen molar-refractivity contribution in [1.82, 2.24) is 20.1 Å². The summed E-state index contributed by atoms with van der Waals surface area (Å²) in [6.45, 7) is 7.44. The van der Waals surface area contributed by atoms with E-state index in [0.29, 0.717) is 18.7 Å². The van der Waals surface area contributed by atoms with E-state index in [0.717, 1.165) is 27.1 Å². The molecule has 2 aliphatic rings. The zero-order valence-corrected chi connectivity index (χ0v) is 17.3. The molecule has 1 fully saturated rings. The van der Waals surface area contributed by atoms with Crippen LogP contribution in [0.15, 0.2) is 18.2 Å². The van der Waals surface area contributed by atoms with Crippen LogP contribution in [0, 0.1) is 0 Å². The minimum Gasteiger partial charge on any atom is -0.497 e. The monoisotopic (exact) mass is 398 g/mol. The SMILES string of the molecule is COc1ccc2[nH]c3c(c2c1)CCN1C(=O)N([C@@H](C)C(=O)NC(C)C)C(=O)[C@@]31C. The van der Waals surface area contributed by atoms with E-state index in [1.54, 1.807) is 25.9 Å². The van der Waals surface area contributed by atoms with Gasteiger partial charge in [-0.1, -0.05) is 0 Å². The maximum atomic E-state index is 13.5. The number of methoxy groups -OCH3 is 1. The molecule has 1 saturated heterocycles. The van der Waals surface area contributed by atoms with Gasteiger partial charge in [0.1, 0.15) is 11.8 Å². The molecule has 2 aliphatic heterocycles. The molecule has 154 valence electrons. The third kappa shape index (κ3) is 2.62. The molecule has 0 aliphatic carbocycles. The number of ether oxygens (including phenoxy) is 1. The van der Waals surface area contributed by atoms with Gasteiger partial charge in [-0.15, -0.1) is 0 Å². The number of benzene rings is 1. The van der Waals surface area contributed by atoms with Crippen molar-refractivity contribution in [2.75, 3.05) is 13.7 Å². The van der Waals surface area contributed by atoms with Gasteiger partial charge >= 0.3 is 6.03 Å². The summed E-state index contributed by atoms with van der Waals surface area (Å²) in [5, 5.41) is 3.77. The molecule has 2 aromatic rings. The number of nitrogens with one attached hydrogen (secondary N) is 2. The Labute approximate surface area is 169 Å². The molecule has 0 radical (unpaired) electrons. The first-order chi connectivity index (χ1) is 13.7. The predicted octanol–water partition coefficient (Wildman–Crippen LogP) is 2.13. The summed E-state index contributed by atoms with van der Waals surface area (Å²) < 4.78 is 5.34. The Morgan fingerprint density at radius 2 is 2.00 bits per heavy atom. The fraction of sp³-hybridized carbons (Fsp3) is 0.476. The molecule has 0 saturated carbocycles. The molecule has 2 N–H and O–H groups in total. The number of amides is 4. The summed E-state index contributed by atoms with van der Waals surface area (Å²) in [7, 11) is 1.62. The van der Waals surface area contributed by atoms with E-state index in [9.17, 15) is 14.4 Å². The molecule has 4 amide bonds. The van der Waals surface area contributed by atoms with Crippen LogP contribution in [0.25, 0.3) is 10.9 Å². The van der Waals surface area contributed by atoms with Crippen LogP contribution in [-0.4, -0.2) is 58.4 Å². The highest BCUT2D eigenvalue weighted by Crippen LogP contribution is 2.45. The van der Waals surface area contributed by atoms with Crippen LogP contribution >= 0.6 is 0 Å². The van der Waals surface area contributed by atoms with Crippen LogP contribution in [0.4, 0.5) is 4.79 Å². The van der Waals surface area contributed by atoms with Gasteiger partial charge in [0.2, 0.25) is 5.91 Å². The first-order valence-corrected chi connectivity index (χ1v) is 9.84. The lowest BCUT2D eigenvalue weighted by Crippen LogP contribution is -2.50. The van der Waals surface area contributed by atoms with Gasteiger partial charge in [0.25, 0.3) is 5.91 Å². The van der Waals surface area contributed by atoms with Crippen molar-refractivity contribution >= 4 is 28.7 Å². The predicted molar refractivity (Wildman–Crippen MR) is 108 cm³/mol. The molecule has 1 aromatic heterocycles. The number of urea groups is 1. The number of nitrogens with zero attached hydrogens (tertiary/aromatic N) is 2. The first-order valence-electron chi connectivity index (χ1n) is 9.84. The molecule has 0 spiro atoms. The third-order valence-electron chi connectivity index (χ3n) is 6.00. The largest absolute Gasteiger partial charge is 0.497 e. The average molecular weight is 398 g/mol. The van der Waals surface area contributed by atoms with Crippen molar-refractivity contribution in [2.45, 2.75) is 51.7 Å². The number of imide groups is 1. The Hall–Kier alpha value is -3.03. The Morgan fingerprint density at radius 1 is 1.28 bits per heavy atom. The lowest BCUT2D eigenvalue weighted by Gasteiger charge is -2.36. The van der Waals surface area contributed by atoms with E-state index < -0.39 is 17.6 Å². The standard InChI is InChI=1S/C21H26N4O4/c1-11(2)22-18(26)12(3)25-19(27)21(4)17-14(8-9-24(21)20(25)28)15-10-13(29-5)6-7-16(15)23-17/h6-7,10-12,23H,8-9H2,1-5H3,(H,22,26)/t12-,21+/m0/s1. The van der Waals surface area contributed by atoms with Gasteiger partial charge in [-0.2, -0.15) is 0 Å². The van der Waals surface area contributed by atoms with Gasteiger partial charge in [0.15, 0.2) is 5.54 Å². The molecule has 3 heterocycles. The van der Waals surface area contributed by atoms with Crippen molar-refractivity contribution < 1.29 is 19.1 Å². The van der Waals surface area contributed by atoms with Gasteiger partial charge in [0.05, 0.1) is 12.8 Å². The second-order valence-corrected chi connectivity index (χ2v) is 8.16. The highest BCUT2D eigenvalue weighted by molar-refractivity contribution is 6.11. The third-order valence-corrected chi connectivity index (χ3v) is 6.00. The van der Waals surface area contributed by atoms with E-state index in [1.165, 1.54) is 0 Å². The highest BCUT2D eigenvalue weighted by atomic mass is 16.5. The average Bonchev–Trinajstić information content (AvgIpc) is 3.14. The molecular weight excluding hydrogens is 372 g/mol. The van der Waals surface area contributed by atoms with E-state index in [4.69, 9.17) is 4.74 Å². The lowest BCUT2D eigenvalue weighted by atomic mass is 9.87. The van der Waals surface area contributed by atoms with Crippen molar-refractivity contribution in [3.05, 3.63) is 29.5 Å². The molecule has 4 rings (SSSR count). The summed E-state index contributed by atoms with van der Waals surface area (Å²) in [6.07, 6.45) is 0.623. The molecule has 0 bridgehead atoms. The molecule has 0 unspecified atom stereocenters. The number of carbonyl (C=O) groups is 3. The van der Waals surface area contributed by atoms with Gasteiger partial charge in [-0.3, -0.25) is 9.59 Å². The summed E-state index contributed by atoms with van der Waals surface area (Å²) >= 11 is 0. The topological polar surface area (TPSA) is 94.7 Å². The number of rotatable bonds is 4. The Morgan fingerprint density at radius 3 is 2.66 bits per heavy atom. The highest BCUT2D eigenvalue weighted by Gasteiger charge is 2.60. The molecule has 8 nitrogen and oxygen atoms in total. The minimum atomic E-state index is -1.16. The maximum Gasteiger partial charge on any atom is 0.328 e. The van der Waals surface area contributed by atoms with Crippen molar-refractivity contribution in [3.8, 4) is 5.75 Å². The second kappa shape index (κ2) is 6.50. The van der Waals surface area contributed by atoms with Crippen molar-refractivity contribution in [1.29, 1.82) is 0 Å². The van der Waals surface area contributed by atoms with E-state index in [2.05, 4.69) is 10.3 Å². The molecule has 29 heavy (non-hydrogen) atoms. The summed E-state index contributed by atoms with van der Waals surface area (Å²) in [5.74, 6) is 0.0152. The number of H-pyrrole nitrogens is 1. The number of aromatic nitrogens is 1. The normalized spacial score (nSPS) is 22.1. The Bertz CT molecular complexity index is 1030. The van der Waals surface area contributed by atoms with Crippen LogP contribution in [0.2, 0.25) is 0 Å². The smallest absolute Gasteiger partial charge is 0.328 e. The summed E-state index contributed by atoms with van der Waals surface area (Å²) in [6, 6.07) is 4.33. The number of aromatic amines is 1. The van der Waals surface area contributed by atoms with Crippen LogP contribution < -0.4 is 10.1 Å². The van der Waals surface area contributed by atoms with Crippen LogP contribution in [0.5, 0.6) is 5.75 Å². The zero-order valence-electron chi connectivity index (χ0n) is 17.3. The Kier molecular flexibility index (Phi) is 4.33. The second-order valence-electron chi connectivity index (χ2n) is 8.16. The number of hydrogen-bond donors (Lipinski definition) is 2. The number of hydrogen-bond acceptors (Lipinski definition) is 4. The van der Waals surface area contributed by atoms with Crippen molar-refractivity contribution in [3.63, 3.8) is 0 Å². The number of fused-ring (bicyclic) bond motifs is 5. The van der Waals surface area contributed by atoms with Gasteiger partial charge in [0, 0.05) is 23.5 Å². The van der Waals surface area contributed by atoms with Crippen LogP contribution in [0.1, 0.15) is 39.0 Å². The number of carbonyl (C=O) groups excluding carboxylic acids is 3. The van der Waals surface area contributed by atoms with Crippen LogP contribution in [-0.2, 0) is 21.5 Å². The van der Waals surface area contributed by atoms with Crippen molar-refractivity contribution in [2.24, 2.45) is 0 Å². The maximum absolute atomic E-state index is 13.5. The summed E-state index contributed by atoms with van der Waals surface area (Å²) in [4.78, 5) is 45.2. The summed E-state index contributed by atoms with van der Waals surface area (Å²) in [5.41, 5.74) is 1.45. The molecule has 8 heteroatoms. The van der Waals surface area contributed by atoms with Crippen LogP contribution in [0.3, 0.4) is 0 Å². The van der Waals surface area contributed by atoms with E-state index in [1.807, 2.05) is 32.0 Å². The van der Waals surface area contributed by atoms with Gasteiger partial charge in [-0.05, 0) is 57.9 Å². The first kappa shape index (κ1) is 19.3.